The number of rotatable bonds is 4. The van der Waals surface area contributed by atoms with E-state index in [9.17, 15) is 5.11 Å². The van der Waals surface area contributed by atoms with Gasteiger partial charge in [-0.1, -0.05) is 38.1 Å². The molecule has 0 amide bonds. The van der Waals surface area contributed by atoms with E-state index in [0.717, 1.165) is 32.4 Å². The number of aliphatic hydroxyl groups excluding tert-OH is 1. The minimum atomic E-state index is 0.102. The topological polar surface area (TPSA) is 32.3 Å². The molecule has 0 unspecified atom stereocenters. The summed E-state index contributed by atoms with van der Waals surface area (Å²) in [6.45, 7) is 6.81. The number of aliphatic hydroxyl groups is 1. The smallest absolute Gasteiger partial charge is 0.0491 e. The molecule has 100 valence electrons. The van der Waals surface area contributed by atoms with E-state index in [0.29, 0.717) is 12.5 Å². The Morgan fingerprint density at radius 3 is 2.28 bits per heavy atom. The third-order valence-electron chi connectivity index (χ3n) is 4.23. The molecule has 0 bridgehead atoms. The third kappa shape index (κ3) is 3.12. The molecule has 0 atom stereocenters. The summed E-state index contributed by atoms with van der Waals surface area (Å²) in [5.41, 5.74) is 2.85. The number of nitrogens with one attached hydrogen (secondary N) is 1. The van der Waals surface area contributed by atoms with Crippen LogP contribution in [-0.2, 0) is 6.42 Å². The Morgan fingerprint density at radius 1 is 1.17 bits per heavy atom. The van der Waals surface area contributed by atoms with Gasteiger partial charge >= 0.3 is 0 Å². The highest BCUT2D eigenvalue weighted by Crippen LogP contribution is 2.32. The standard InChI is InChI=1S/C16H25NO/c1-13(2)15-5-3-14(4-6-15)11-16(12-18)7-9-17-10-8-16/h3-6,13,17-18H,7-12H2,1-2H3. The zero-order valence-electron chi connectivity index (χ0n) is 11.6. The number of piperidine rings is 1. The minimum absolute atomic E-state index is 0.102. The summed E-state index contributed by atoms with van der Waals surface area (Å²) in [6.07, 6.45) is 3.16. The zero-order valence-corrected chi connectivity index (χ0v) is 11.6. The number of hydrogen-bond acceptors (Lipinski definition) is 2. The fourth-order valence-electron chi connectivity index (χ4n) is 2.80. The van der Waals surface area contributed by atoms with Gasteiger partial charge in [0.1, 0.15) is 0 Å². The maximum atomic E-state index is 9.72. The van der Waals surface area contributed by atoms with Gasteiger partial charge in [-0.15, -0.1) is 0 Å². The average molecular weight is 247 g/mol. The third-order valence-corrected chi connectivity index (χ3v) is 4.23. The second-order valence-electron chi connectivity index (χ2n) is 5.98. The first kappa shape index (κ1) is 13.6. The minimum Gasteiger partial charge on any atom is -0.396 e. The van der Waals surface area contributed by atoms with E-state index in [2.05, 4.69) is 43.4 Å². The predicted molar refractivity (Wildman–Crippen MR) is 75.9 cm³/mol. The van der Waals surface area contributed by atoms with Gasteiger partial charge in [-0.3, -0.25) is 0 Å². The van der Waals surface area contributed by atoms with Gasteiger partial charge in [0.25, 0.3) is 0 Å². The molecule has 0 aromatic heterocycles. The lowest BCUT2D eigenvalue weighted by atomic mass is 9.75. The zero-order chi connectivity index (χ0) is 13.0. The molecule has 1 aliphatic heterocycles. The molecule has 1 aromatic carbocycles. The van der Waals surface area contributed by atoms with Crippen LogP contribution in [0.2, 0.25) is 0 Å². The Labute approximate surface area is 110 Å². The van der Waals surface area contributed by atoms with E-state index in [-0.39, 0.29) is 5.41 Å². The van der Waals surface area contributed by atoms with E-state index in [1.807, 2.05) is 0 Å². The lowest BCUT2D eigenvalue weighted by Crippen LogP contribution is -2.40. The van der Waals surface area contributed by atoms with Crippen LogP contribution in [0.4, 0.5) is 0 Å². The van der Waals surface area contributed by atoms with Crippen molar-refractivity contribution in [1.29, 1.82) is 0 Å². The molecule has 1 saturated heterocycles. The van der Waals surface area contributed by atoms with Crippen molar-refractivity contribution in [1.82, 2.24) is 5.32 Å². The van der Waals surface area contributed by atoms with Crippen molar-refractivity contribution in [2.75, 3.05) is 19.7 Å². The fraction of sp³-hybridized carbons (Fsp3) is 0.625. The Bertz CT molecular complexity index is 363. The molecule has 1 fully saturated rings. The van der Waals surface area contributed by atoms with Crippen LogP contribution in [0.5, 0.6) is 0 Å². The predicted octanol–water partition coefficient (Wildman–Crippen LogP) is 2.71. The molecule has 1 aliphatic rings. The second-order valence-corrected chi connectivity index (χ2v) is 5.98. The first-order chi connectivity index (χ1) is 8.65. The molecule has 2 N–H and O–H groups in total. The highest BCUT2D eigenvalue weighted by Gasteiger charge is 2.31. The van der Waals surface area contributed by atoms with Crippen molar-refractivity contribution < 1.29 is 5.11 Å². The van der Waals surface area contributed by atoms with Crippen LogP contribution in [0.1, 0.15) is 43.7 Å². The summed E-state index contributed by atoms with van der Waals surface area (Å²) in [5, 5.41) is 13.1. The van der Waals surface area contributed by atoms with Gasteiger partial charge < -0.3 is 10.4 Å². The van der Waals surface area contributed by atoms with Crippen molar-refractivity contribution in [3.8, 4) is 0 Å². The molecule has 0 radical (unpaired) electrons. The van der Waals surface area contributed by atoms with Gasteiger partial charge in [0.2, 0.25) is 0 Å². The van der Waals surface area contributed by atoms with Crippen LogP contribution in [-0.4, -0.2) is 24.8 Å². The maximum Gasteiger partial charge on any atom is 0.0491 e. The summed E-state index contributed by atoms with van der Waals surface area (Å²) in [5.74, 6) is 0.588. The largest absolute Gasteiger partial charge is 0.396 e. The molecule has 1 aromatic rings. The van der Waals surface area contributed by atoms with Crippen LogP contribution in [0.25, 0.3) is 0 Å². The van der Waals surface area contributed by atoms with Gasteiger partial charge in [-0.05, 0) is 54.8 Å². The normalized spacial score (nSPS) is 19.1. The Hall–Kier alpha value is -0.860. The molecule has 18 heavy (non-hydrogen) atoms. The van der Waals surface area contributed by atoms with E-state index in [1.165, 1.54) is 11.1 Å². The highest BCUT2D eigenvalue weighted by atomic mass is 16.3. The summed E-state index contributed by atoms with van der Waals surface area (Å²) < 4.78 is 0. The number of benzene rings is 1. The molecule has 2 nitrogen and oxygen atoms in total. The molecular weight excluding hydrogens is 222 g/mol. The molecule has 0 saturated carbocycles. The van der Waals surface area contributed by atoms with E-state index >= 15 is 0 Å². The SMILES string of the molecule is CC(C)c1ccc(CC2(CO)CCNCC2)cc1. The van der Waals surface area contributed by atoms with Crippen molar-refractivity contribution >= 4 is 0 Å². The van der Waals surface area contributed by atoms with Crippen LogP contribution >= 0.6 is 0 Å². The Balaban J connectivity index is 2.07. The lowest BCUT2D eigenvalue weighted by Gasteiger charge is -2.36. The van der Waals surface area contributed by atoms with Crippen molar-refractivity contribution in [2.45, 2.75) is 39.0 Å². The lowest BCUT2D eigenvalue weighted by molar-refractivity contribution is 0.0893. The van der Waals surface area contributed by atoms with Gasteiger partial charge in [0.05, 0.1) is 0 Å². The molecule has 1 heterocycles. The van der Waals surface area contributed by atoms with Crippen LogP contribution in [0, 0.1) is 5.41 Å². The monoisotopic (exact) mass is 247 g/mol. The van der Waals surface area contributed by atoms with Crippen LogP contribution in [0.3, 0.4) is 0 Å². The van der Waals surface area contributed by atoms with E-state index in [1.54, 1.807) is 0 Å². The number of hydrogen-bond donors (Lipinski definition) is 2. The quantitative estimate of drug-likeness (QED) is 0.857. The van der Waals surface area contributed by atoms with Gasteiger partial charge in [-0.2, -0.15) is 0 Å². The van der Waals surface area contributed by atoms with Crippen molar-refractivity contribution in [3.05, 3.63) is 35.4 Å². The molecular formula is C16H25NO. The molecule has 0 spiro atoms. The summed E-state index contributed by atoms with van der Waals surface area (Å²) in [6, 6.07) is 8.92. The average Bonchev–Trinajstić information content (AvgIpc) is 2.40. The van der Waals surface area contributed by atoms with Gasteiger partial charge in [0, 0.05) is 6.61 Å². The first-order valence-electron chi connectivity index (χ1n) is 7.06. The highest BCUT2D eigenvalue weighted by molar-refractivity contribution is 5.25. The van der Waals surface area contributed by atoms with Gasteiger partial charge in [-0.25, -0.2) is 0 Å². The first-order valence-corrected chi connectivity index (χ1v) is 7.06. The fourth-order valence-corrected chi connectivity index (χ4v) is 2.80. The molecule has 0 aliphatic carbocycles. The van der Waals surface area contributed by atoms with Crippen molar-refractivity contribution in [3.63, 3.8) is 0 Å². The molecule has 2 heteroatoms. The van der Waals surface area contributed by atoms with Crippen LogP contribution in [0.15, 0.2) is 24.3 Å². The summed E-state index contributed by atoms with van der Waals surface area (Å²) in [4.78, 5) is 0. The van der Waals surface area contributed by atoms with Crippen molar-refractivity contribution in [2.24, 2.45) is 5.41 Å². The summed E-state index contributed by atoms with van der Waals surface area (Å²) >= 11 is 0. The van der Waals surface area contributed by atoms with Gasteiger partial charge in [0.15, 0.2) is 0 Å². The Kier molecular flexibility index (Phi) is 4.41. The van der Waals surface area contributed by atoms with E-state index < -0.39 is 0 Å². The van der Waals surface area contributed by atoms with E-state index in [4.69, 9.17) is 0 Å². The Morgan fingerprint density at radius 2 is 1.78 bits per heavy atom. The second kappa shape index (κ2) is 5.85. The van der Waals surface area contributed by atoms with Crippen LogP contribution < -0.4 is 5.32 Å². The maximum absolute atomic E-state index is 9.72. The molecule has 2 rings (SSSR count). The summed E-state index contributed by atoms with van der Waals surface area (Å²) in [7, 11) is 0.